The quantitative estimate of drug-likeness (QED) is 0.789. The van der Waals surface area contributed by atoms with Gasteiger partial charge >= 0.3 is 0 Å². The molecule has 0 bridgehead atoms. The molecule has 1 N–H and O–H groups in total. The molecule has 0 radical (unpaired) electrons. The van der Waals surface area contributed by atoms with Crippen molar-refractivity contribution in [3.63, 3.8) is 0 Å². The van der Waals surface area contributed by atoms with Gasteiger partial charge in [-0.2, -0.15) is 0 Å². The van der Waals surface area contributed by atoms with Gasteiger partial charge in [0.05, 0.1) is 10.7 Å². The Morgan fingerprint density at radius 1 is 0.826 bits per heavy atom. The summed E-state index contributed by atoms with van der Waals surface area (Å²) in [5, 5.41) is 2.32. The molecule has 2 nitrogen and oxygen atoms in total. The van der Waals surface area contributed by atoms with Crippen molar-refractivity contribution in [2.75, 3.05) is 0 Å². The lowest BCUT2D eigenvalue weighted by Gasteiger charge is -2.03. The molecule has 2 aromatic carbocycles. The first kappa shape index (κ1) is 14.0. The molecule has 0 saturated carbocycles. The Bertz CT molecular complexity index is 869. The molecule has 1 aliphatic rings. The van der Waals surface area contributed by atoms with Gasteiger partial charge in [0.2, 0.25) is 0 Å². The average molecular weight is 300 g/mol. The van der Waals surface area contributed by atoms with Gasteiger partial charge < -0.3 is 4.98 Å². The van der Waals surface area contributed by atoms with E-state index >= 15 is 0 Å². The summed E-state index contributed by atoms with van der Waals surface area (Å²) in [5.41, 5.74) is 3.80. The minimum absolute atomic E-state index is 0.851. The van der Waals surface area contributed by atoms with Gasteiger partial charge in [-0.3, -0.25) is 0 Å². The Morgan fingerprint density at radius 2 is 1.57 bits per heavy atom. The smallest absolute Gasteiger partial charge is 0.111 e. The minimum Gasteiger partial charge on any atom is -0.342 e. The molecule has 2 heteroatoms. The maximum atomic E-state index is 4.74. The number of aromatic amines is 1. The van der Waals surface area contributed by atoms with E-state index in [0.29, 0.717) is 0 Å². The molecule has 0 atom stereocenters. The number of aromatic nitrogens is 2. The molecule has 1 aromatic heterocycles. The van der Waals surface area contributed by atoms with Gasteiger partial charge in [-0.15, -0.1) is 0 Å². The van der Waals surface area contributed by atoms with Crippen LogP contribution in [0.25, 0.3) is 23.3 Å². The van der Waals surface area contributed by atoms with Gasteiger partial charge in [0.15, 0.2) is 0 Å². The van der Waals surface area contributed by atoms with Crippen LogP contribution in [0.4, 0.5) is 0 Å². The molecule has 0 fully saturated rings. The van der Waals surface area contributed by atoms with Crippen LogP contribution in [-0.2, 0) is 6.42 Å². The summed E-state index contributed by atoms with van der Waals surface area (Å²) in [7, 11) is 0. The van der Waals surface area contributed by atoms with Gasteiger partial charge in [0.25, 0.3) is 0 Å². The van der Waals surface area contributed by atoms with Crippen LogP contribution in [0.5, 0.6) is 0 Å². The monoisotopic (exact) mass is 300 g/mol. The van der Waals surface area contributed by atoms with Crippen LogP contribution in [0.3, 0.4) is 0 Å². The highest BCUT2D eigenvalue weighted by molar-refractivity contribution is 5.63. The summed E-state index contributed by atoms with van der Waals surface area (Å²) < 4.78 is 0. The zero-order chi connectivity index (χ0) is 15.5. The van der Waals surface area contributed by atoms with Gasteiger partial charge in [-0.1, -0.05) is 66.7 Å². The number of nitrogens with one attached hydrogen (secondary N) is 1. The molecule has 0 aliphatic heterocycles. The standard InChI is InChI=1S/C21H20N2/c1-3-7-17(8-4-1)18-13-11-16(12-14-18)15-21-22-19-9-5-2-6-10-20(19)23-21/h1,3-4,7-14H,2,5-6,15H2,(H,22,23). The summed E-state index contributed by atoms with van der Waals surface area (Å²) in [6, 6.07) is 19.3. The number of hydrogen-bond donors (Lipinski definition) is 1. The molecule has 0 amide bonds. The minimum atomic E-state index is 0.851. The molecule has 0 saturated heterocycles. The number of hydrogen-bond acceptors (Lipinski definition) is 1. The zero-order valence-corrected chi connectivity index (χ0v) is 13.1. The van der Waals surface area contributed by atoms with E-state index in [0.717, 1.165) is 30.4 Å². The first-order valence-electron chi connectivity index (χ1n) is 8.28. The molecule has 114 valence electrons. The van der Waals surface area contributed by atoms with E-state index in [1.807, 2.05) is 6.07 Å². The van der Waals surface area contributed by atoms with Crippen LogP contribution in [-0.4, -0.2) is 9.97 Å². The fourth-order valence-corrected chi connectivity index (χ4v) is 3.09. The van der Waals surface area contributed by atoms with Crippen LogP contribution in [0.1, 0.15) is 30.7 Å². The highest BCUT2D eigenvalue weighted by Crippen LogP contribution is 2.19. The summed E-state index contributed by atoms with van der Waals surface area (Å²) >= 11 is 0. The van der Waals surface area contributed by atoms with E-state index in [-0.39, 0.29) is 0 Å². The van der Waals surface area contributed by atoms with Gasteiger partial charge in [-0.25, -0.2) is 4.98 Å². The van der Waals surface area contributed by atoms with Gasteiger partial charge in [-0.05, 0) is 36.0 Å². The van der Waals surface area contributed by atoms with Crippen LogP contribution < -0.4 is 10.7 Å². The van der Waals surface area contributed by atoms with Gasteiger partial charge in [0.1, 0.15) is 5.82 Å². The van der Waals surface area contributed by atoms with Crippen molar-refractivity contribution in [1.29, 1.82) is 0 Å². The Morgan fingerprint density at radius 3 is 2.39 bits per heavy atom. The van der Waals surface area contributed by atoms with Crippen molar-refractivity contribution in [3.8, 4) is 11.1 Å². The summed E-state index contributed by atoms with van der Waals surface area (Å²) in [4.78, 5) is 8.21. The zero-order valence-electron chi connectivity index (χ0n) is 13.1. The average Bonchev–Trinajstić information content (AvgIpc) is 2.85. The summed E-state index contributed by atoms with van der Waals surface area (Å²) in [6.45, 7) is 0. The Kier molecular flexibility index (Phi) is 3.81. The molecule has 0 unspecified atom stereocenters. The lowest BCUT2D eigenvalue weighted by atomic mass is 10.0. The second-order valence-electron chi connectivity index (χ2n) is 6.06. The third kappa shape index (κ3) is 3.11. The molecule has 3 aromatic rings. The molecular formula is C21H20N2. The fourth-order valence-electron chi connectivity index (χ4n) is 3.09. The maximum absolute atomic E-state index is 4.74. The Labute approximate surface area is 136 Å². The second kappa shape index (κ2) is 6.25. The molecule has 0 spiro atoms. The second-order valence-corrected chi connectivity index (χ2v) is 6.06. The van der Waals surface area contributed by atoms with Crippen LogP contribution in [0.2, 0.25) is 0 Å². The number of benzene rings is 2. The van der Waals surface area contributed by atoms with E-state index in [9.17, 15) is 0 Å². The Hall–Kier alpha value is -2.61. The highest BCUT2D eigenvalue weighted by atomic mass is 14.9. The summed E-state index contributed by atoms with van der Waals surface area (Å²) in [6.07, 6.45) is 8.85. The van der Waals surface area contributed by atoms with E-state index in [4.69, 9.17) is 4.98 Å². The lowest BCUT2D eigenvalue weighted by Crippen LogP contribution is -2.23. The predicted octanol–water partition coefficient (Wildman–Crippen LogP) is 3.41. The SMILES string of the molecule is C1=c2nc(Cc3ccc(-c4ccccc4)cc3)[nH]c2=CCCC1. The van der Waals surface area contributed by atoms with E-state index < -0.39 is 0 Å². The van der Waals surface area contributed by atoms with Crippen molar-refractivity contribution >= 4 is 12.2 Å². The first-order chi connectivity index (χ1) is 11.4. The molecule has 1 heterocycles. The van der Waals surface area contributed by atoms with E-state index in [1.165, 1.54) is 28.5 Å². The predicted molar refractivity (Wildman–Crippen MR) is 95.3 cm³/mol. The normalized spacial score (nSPS) is 13.6. The van der Waals surface area contributed by atoms with E-state index in [1.54, 1.807) is 0 Å². The van der Waals surface area contributed by atoms with Crippen molar-refractivity contribution in [3.05, 3.63) is 76.7 Å². The van der Waals surface area contributed by atoms with Crippen molar-refractivity contribution in [2.45, 2.75) is 25.7 Å². The third-order valence-corrected chi connectivity index (χ3v) is 4.34. The number of H-pyrrole nitrogens is 1. The first-order valence-corrected chi connectivity index (χ1v) is 8.28. The topological polar surface area (TPSA) is 28.7 Å². The van der Waals surface area contributed by atoms with Crippen LogP contribution in [0, 0.1) is 0 Å². The number of rotatable bonds is 3. The molecule has 1 aliphatic carbocycles. The van der Waals surface area contributed by atoms with Crippen molar-refractivity contribution in [2.24, 2.45) is 0 Å². The summed E-state index contributed by atoms with van der Waals surface area (Å²) in [5.74, 6) is 1.05. The number of imidazole rings is 1. The molecule has 4 rings (SSSR count). The molecular weight excluding hydrogens is 280 g/mol. The van der Waals surface area contributed by atoms with Crippen LogP contribution >= 0.6 is 0 Å². The maximum Gasteiger partial charge on any atom is 0.111 e. The third-order valence-electron chi connectivity index (χ3n) is 4.34. The Balaban J connectivity index is 1.57. The fraction of sp³-hybridized carbons (Fsp3) is 0.190. The largest absolute Gasteiger partial charge is 0.342 e. The molecule has 23 heavy (non-hydrogen) atoms. The van der Waals surface area contributed by atoms with Crippen LogP contribution in [0.15, 0.2) is 54.6 Å². The van der Waals surface area contributed by atoms with Crippen molar-refractivity contribution < 1.29 is 0 Å². The number of nitrogens with zero attached hydrogens (tertiary/aromatic N) is 1. The van der Waals surface area contributed by atoms with E-state index in [2.05, 4.69) is 65.7 Å². The lowest BCUT2D eigenvalue weighted by molar-refractivity contribution is 0.918. The van der Waals surface area contributed by atoms with Gasteiger partial charge in [0, 0.05) is 6.42 Å². The van der Waals surface area contributed by atoms with Crippen molar-refractivity contribution in [1.82, 2.24) is 9.97 Å². The number of fused-ring (bicyclic) bond motifs is 1. The highest BCUT2D eigenvalue weighted by Gasteiger charge is 2.04.